The van der Waals surface area contributed by atoms with Crippen molar-refractivity contribution in [1.82, 2.24) is 0 Å². The molecule has 16 heteroatoms. The number of amides is 4. The van der Waals surface area contributed by atoms with E-state index in [1.165, 1.54) is 9.80 Å². The molecule has 0 bridgehead atoms. The molecule has 4 aliphatic heterocycles. The number of nitrogens with zero attached hydrogens (tertiary/aromatic N) is 6. The molecule has 332 valence electrons. The summed E-state index contributed by atoms with van der Waals surface area (Å²) >= 11 is 24.4. The summed E-state index contributed by atoms with van der Waals surface area (Å²) in [5.41, 5.74) is -2.21. The lowest BCUT2D eigenvalue weighted by atomic mass is 9.79. The maximum Gasteiger partial charge on any atom is 0.332 e. The molecule has 4 fully saturated rings. The van der Waals surface area contributed by atoms with E-state index in [0.29, 0.717) is 91.4 Å². The summed E-state index contributed by atoms with van der Waals surface area (Å²) in [5, 5.41) is 27.3. The van der Waals surface area contributed by atoms with Crippen molar-refractivity contribution in [3.63, 3.8) is 0 Å². The standard InChI is InChI=1S/2C25H19Cl2N3O3/c2*1-28-20-4-2-3-17(15-20)25(32)24(13-14-33-16-24)29(21-9-5-18(26)6-10-21)23(31)30(25)22-11-7-19(27)8-12-22/h2*2-12,15,32H,13-14,16H2/t2*24-,25?/m10/s1. The van der Waals surface area contributed by atoms with Crippen LogP contribution in [-0.2, 0) is 20.9 Å². The first-order chi connectivity index (χ1) is 31.8. The van der Waals surface area contributed by atoms with Gasteiger partial charge >= 0.3 is 12.1 Å². The number of anilines is 4. The van der Waals surface area contributed by atoms with Crippen molar-refractivity contribution in [2.75, 3.05) is 46.0 Å². The van der Waals surface area contributed by atoms with Gasteiger partial charge in [-0.1, -0.05) is 82.8 Å². The van der Waals surface area contributed by atoms with E-state index in [0.717, 1.165) is 0 Å². The zero-order valence-electron chi connectivity index (χ0n) is 34.8. The van der Waals surface area contributed by atoms with Crippen molar-refractivity contribution < 1.29 is 29.3 Å². The second-order valence-corrected chi connectivity index (χ2v) is 17.9. The number of hydrogen-bond donors (Lipinski definition) is 2. The van der Waals surface area contributed by atoms with E-state index in [9.17, 15) is 19.8 Å². The van der Waals surface area contributed by atoms with Gasteiger partial charge in [-0.2, -0.15) is 0 Å². The largest absolute Gasteiger partial charge is 0.379 e. The maximum absolute atomic E-state index is 14.1. The maximum atomic E-state index is 14.1. The minimum Gasteiger partial charge on any atom is -0.379 e. The number of benzene rings is 6. The molecule has 4 amide bonds. The predicted octanol–water partition coefficient (Wildman–Crippen LogP) is 12.0. The average Bonchev–Trinajstić information content (AvgIpc) is 4.11. The summed E-state index contributed by atoms with van der Waals surface area (Å²) in [6.07, 6.45) is 0.786. The van der Waals surface area contributed by atoms with E-state index >= 15 is 0 Å². The van der Waals surface area contributed by atoms with E-state index in [1.807, 2.05) is 0 Å². The Balaban J connectivity index is 0.000000166. The molecule has 12 nitrogen and oxygen atoms in total. The van der Waals surface area contributed by atoms with Crippen molar-refractivity contribution in [3.05, 3.63) is 200 Å². The first kappa shape index (κ1) is 45.0. The summed E-state index contributed by atoms with van der Waals surface area (Å²) in [6, 6.07) is 39.9. The van der Waals surface area contributed by atoms with Gasteiger partial charge in [0.1, 0.15) is 11.1 Å². The predicted molar refractivity (Wildman–Crippen MR) is 256 cm³/mol. The van der Waals surface area contributed by atoms with E-state index in [2.05, 4.69) is 9.69 Å². The molecular formula is C50H38Cl4N6O6. The lowest BCUT2D eigenvalue weighted by Crippen LogP contribution is -2.60. The summed E-state index contributed by atoms with van der Waals surface area (Å²) < 4.78 is 11.6. The first-order valence-corrected chi connectivity index (χ1v) is 22.2. The third-order valence-corrected chi connectivity index (χ3v) is 13.7. The van der Waals surface area contributed by atoms with Gasteiger partial charge in [-0.05, 0) is 120 Å². The number of carbonyl (C=O) groups excluding carboxylic acids is 2. The second-order valence-electron chi connectivity index (χ2n) is 16.1. The molecule has 6 aromatic rings. The molecular weight excluding hydrogens is 922 g/mol. The van der Waals surface area contributed by atoms with Gasteiger partial charge in [-0.3, -0.25) is 19.6 Å². The number of ether oxygens (including phenoxy) is 2. The van der Waals surface area contributed by atoms with Crippen molar-refractivity contribution in [2.24, 2.45) is 0 Å². The molecule has 6 aromatic carbocycles. The number of halogens is 4. The van der Waals surface area contributed by atoms with Gasteiger partial charge in [0, 0.05) is 68.9 Å². The van der Waals surface area contributed by atoms with Gasteiger partial charge in [0.05, 0.1) is 26.4 Å². The molecule has 4 atom stereocenters. The monoisotopic (exact) mass is 958 g/mol. The molecule has 4 aliphatic rings. The van der Waals surface area contributed by atoms with Gasteiger partial charge in [0.15, 0.2) is 22.8 Å². The third kappa shape index (κ3) is 7.13. The molecule has 66 heavy (non-hydrogen) atoms. The highest BCUT2D eigenvalue weighted by Crippen LogP contribution is 2.56. The fourth-order valence-corrected chi connectivity index (χ4v) is 10.1. The van der Waals surface area contributed by atoms with Crippen molar-refractivity contribution in [2.45, 2.75) is 35.4 Å². The van der Waals surface area contributed by atoms with E-state index in [-0.39, 0.29) is 13.2 Å². The number of carbonyl (C=O) groups is 2. The molecule has 2 N–H and O–H groups in total. The van der Waals surface area contributed by atoms with Crippen LogP contribution in [0.3, 0.4) is 0 Å². The normalized spacial score (nSPS) is 24.5. The van der Waals surface area contributed by atoms with Gasteiger partial charge in [0.2, 0.25) is 0 Å². The Labute approximate surface area is 400 Å². The van der Waals surface area contributed by atoms with Gasteiger partial charge in [-0.15, -0.1) is 0 Å². The number of hydrogen-bond acceptors (Lipinski definition) is 6. The summed E-state index contributed by atoms with van der Waals surface area (Å²) in [7, 11) is 0. The Morgan fingerprint density at radius 2 is 0.773 bits per heavy atom. The van der Waals surface area contributed by atoms with Crippen LogP contribution in [0.15, 0.2) is 146 Å². The van der Waals surface area contributed by atoms with Crippen molar-refractivity contribution in [3.8, 4) is 0 Å². The molecule has 10 rings (SSSR count). The number of urea groups is 2. The van der Waals surface area contributed by atoms with Crippen LogP contribution in [0.2, 0.25) is 20.1 Å². The molecule has 4 heterocycles. The smallest absolute Gasteiger partial charge is 0.332 e. The van der Waals surface area contributed by atoms with Crippen LogP contribution in [0.5, 0.6) is 0 Å². The Morgan fingerprint density at radius 1 is 0.470 bits per heavy atom. The lowest BCUT2D eigenvalue weighted by molar-refractivity contribution is -0.0214. The summed E-state index contributed by atoms with van der Waals surface area (Å²) in [4.78, 5) is 41.2. The third-order valence-electron chi connectivity index (χ3n) is 12.7. The van der Waals surface area contributed by atoms with Crippen LogP contribution >= 0.6 is 46.4 Å². The fraction of sp³-hybridized carbons (Fsp3) is 0.200. The molecule has 0 aliphatic carbocycles. The van der Waals surface area contributed by atoms with Crippen LogP contribution < -0.4 is 19.6 Å². The topological polar surface area (TPSA) is 115 Å². The van der Waals surface area contributed by atoms with E-state index in [1.54, 1.807) is 155 Å². The minimum atomic E-state index is -1.82. The highest BCUT2D eigenvalue weighted by atomic mass is 35.5. The Hall–Kier alpha value is -6.16. The van der Waals surface area contributed by atoms with Crippen LogP contribution in [-0.4, -0.2) is 59.8 Å². The molecule has 0 saturated carbocycles. The van der Waals surface area contributed by atoms with Crippen molar-refractivity contribution in [1.29, 1.82) is 0 Å². The first-order valence-electron chi connectivity index (χ1n) is 20.7. The summed E-state index contributed by atoms with van der Waals surface area (Å²) in [5.74, 6) is 0. The summed E-state index contributed by atoms with van der Waals surface area (Å²) in [6.45, 7) is 15.9. The Morgan fingerprint density at radius 3 is 1.05 bits per heavy atom. The molecule has 0 aromatic heterocycles. The average molecular weight is 961 g/mol. The second kappa shape index (κ2) is 17.6. The SMILES string of the molecule is [C-]#[N+]c1cccc(C2(O)N(c3ccc(Cl)cc3)C(=O)N(c3ccc(Cl)cc3)[C@@]23CCOC3)c1.[C-]#[N+]c1cccc(C2(O)N(c3ccc(Cl)cc3)C(=O)N(c3ccc(Cl)cc3)[C@]23CCOC3)c1. The van der Waals surface area contributed by atoms with Crippen molar-refractivity contribution >= 4 is 92.6 Å². The van der Waals surface area contributed by atoms with Crippen LogP contribution in [0.1, 0.15) is 24.0 Å². The molecule has 2 unspecified atom stereocenters. The van der Waals surface area contributed by atoms with Gasteiger partial charge < -0.3 is 19.7 Å². The molecule has 2 spiro atoms. The minimum absolute atomic E-state index is 0.115. The quantitative estimate of drug-likeness (QED) is 0.161. The highest BCUT2D eigenvalue weighted by Gasteiger charge is 2.71. The highest BCUT2D eigenvalue weighted by molar-refractivity contribution is 6.31. The van der Waals surface area contributed by atoms with Gasteiger partial charge in [0.25, 0.3) is 0 Å². The number of aliphatic hydroxyl groups is 2. The van der Waals surface area contributed by atoms with E-state index < -0.39 is 34.6 Å². The van der Waals surface area contributed by atoms with Gasteiger partial charge in [-0.25, -0.2) is 19.3 Å². The molecule has 4 saturated heterocycles. The van der Waals surface area contributed by atoms with Crippen LogP contribution in [0.25, 0.3) is 9.69 Å². The zero-order valence-corrected chi connectivity index (χ0v) is 37.8. The zero-order chi connectivity index (χ0) is 46.4. The van der Waals surface area contributed by atoms with E-state index in [4.69, 9.17) is 69.0 Å². The fourth-order valence-electron chi connectivity index (χ4n) is 9.63. The molecule has 0 radical (unpaired) electrons. The van der Waals surface area contributed by atoms with Crippen LogP contribution in [0, 0.1) is 13.1 Å². The Kier molecular flexibility index (Phi) is 12.0. The van der Waals surface area contributed by atoms with Crippen LogP contribution in [0.4, 0.5) is 43.7 Å². The number of rotatable bonds is 6. The Bertz CT molecular complexity index is 2700. The lowest BCUT2D eigenvalue weighted by Gasteiger charge is -2.44.